The number of carbonyl (C=O) groups excluding carboxylic acids is 2. The van der Waals surface area contributed by atoms with Gasteiger partial charge in [0.15, 0.2) is 3.77 Å². The van der Waals surface area contributed by atoms with Crippen molar-refractivity contribution < 1.29 is 14.0 Å². The van der Waals surface area contributed by atoms with Crippen LogP contribution in [0.1, 0.15) is 19.6 Å². The third kappa shape index (κ3) is 4.52. The molecule has 0 atom stereocenters. The van der Waals surface area contributed by atoms with E-state index in [0.717, 1.165) is 3.77 Å². The lowest BCUT2D eigenvalue weighted by Gasteiger charge is -2.23. The highest BCUT2D eigenvalue weighted by atomic mass is 127. The van der Waals surface area contributed by atoms with Crippen LogP contribution in [0.15, 0.2) is 22.6 Å². The highest BCUT2D eigenvalue weighted by Crippen LogP contribution is 2.11. The molecule has 0 fully saturated rings. The predicted octanol–water partition coefficient (Wildman–Crippen LogP) is 1.62. The van der Waals surface area contributed by atoms with Crippen LogP contribution < -0.4 is 5.73 Å². The molecule has 0 aliphatic rings. The summed E-state index contributed by atoms with van der Waals surface area (Å²) in [7, 11) is 0. The Hall–Kier alpha value is -1.31. The average molecular weight is 362 g/mol. The zero-order valence-electron chi connectivity index (χ0n) is 10.2. The van der Waals surface area contributed by atoms with Gasteiger partial charge in [-0.25, -0.2) is 0 Å². The van der Waals surface area contributed by atoms with E-state index in [-0.39, 0.29) is 18.5 Å². The second-order valence-electron chi connectivity index (χ2n) is 4.00. The molecule has 98 valence electrons. The van der Waals surface area contributed by atoms with Crippen molar-refractivity contribution in [2.75, 3.05) is 6.54 Å². The number of carbonyl (C=O) groups is 2. The van der Waals surface area contributed by atoms with Crippen LogP contribution in [0.3, 0.4) is 0 Å². The van der Waals surface area contributed by atoms with Crippen molar-refractivity contribution in [1.29, 1.82) is 0 Å². The van der Waals surface area contributed by atoms with Crippen LogP contribution in [0.4, 0.5) is 0 Å². The molecule has 0 bridgehead atoms. The normalized spacial score (nSPS) is 11.1. The predicted molar refractivity (Wildman–Crippen MR) is 76.5 cm³/mol. The number of primary amides is 1. The molecule has 6 heteroatoms. The van der Waals surface area contributed by atoms with E-state index in [4.69, 9.17) is 10.2 Å². The van der Waals surface area contributed by atoms with Gasteiger partial charge in [-0.15, -0.1) is 0 Å². The summed E-state index contributed by atoms with van der Waals surface area (Å²) in [6.07, 6.45) is 2.94. The van der Waals surface area contributed by atoms with Crippen LogP contribution >= 0.6 is 22.6 Å². The van der Waals surface area contributed by atoms with Gasteiger partial charge in [0.1, 0.15) is 5.76 Å². The van der Waals surface area contributed by atoms with Gasteiger partial charge in [0, 0.05) is 12.1 Å². The quantitative estimate of drug-likeness (QED) is 0.639. The zero-order chi connectivity index (χ0) is 13.7. The Kier molecular flexibility index (Phi) is 5.39. The second kappa shape index (κ2) is 6.58. The van der Waals surface area contributed by atoms with E-state index in [0.29, 0.717) is 5.76 Å². The summed E-state index contributed by atoms with van der Waals surface area (Å²) in [5.74, 6) is -0.205. The largest absolute Gasteiger partial charge is 0.451 e. The van der Waals surface area contributed by atoms with Gasteiger partial charge in [-0.3, -0.25) is 9.59 Å². The molecule has 0 aromatic carbocycles. The summed E-state index contributed by atoms with van der Waals surface area (Å²) in [6.45, 7) is 3.56. The lowest BCUT2D eigenvalue weighted by molar-refractivity contribution is -0.132. The molecule has 1 aromatic heterocycles. The molecule has 0 aliphatic carbocycles. The lowest BCUT2D eigenvalue weighted by Crippen LogP contribution is -2.41. The molecule has 0 radical (unpaired) electrons. The molecule has 1 heterocycles. The van der Waals surface area contributed by atoms with Gasteiger partial charge in [-0.1, -0.05) is 0 Å². The van der Waals surface area contributed by atoms with E-state index in [1.165, 1.54) is 11.0 Å². The molecule has 2 N–H and O–H groups in total. The van der Waals surface area contributed by atoms with Crippen molar-refractivity contribution in [3.05, 3.63) is 27.7 Å². The molecule has 0 saturated carbocycles. The molecule has 0 aliphatic heterocycles. The van der Waals surface area contributed by atoms with Gasteiger partial charge in [0.05, 0.1) is 6.54 Å². The summed E-state index contributed by atoms with van der Waals surface area (Å²) in [6, 6.07) is 3.47. The van der Waals surface area contributed by atoms with Gasteiger partial charge in [-0.2, -0.15) is 0 Å². The monoisotopic (exact) mass is 362 g/mol. The van der Waals surface area contributed by atoms with Crippen LogP contribution in [0.2, 0.25) is 0 Å². The van der Waals surface area contributed by atoms with Crippen molar-refractivity contribution in [1.82, 2.24) is 4.90 Å². The van der Waals surface area contributed by atoms with Crippen LogP contribution in [0.5, 0.6) is 0 Å². The minimum absolute atomic E-state index is 0.0868. The van der Waals surface area contributed by atoms with E-state index in [1.54, 1.807) is 18.2 Å². The van der Waals surface area contributed by atoms with E-state index in [1.807, 2.05) is 36.4 Å². The zero-order valence-corrected chi connectivity index (χ0v) is 12.4. The molecule has 18 heavy (non-hydrogen) atoms. The Labute approximate surface area is 119 Å². The molecule has 0 unspecified atom stereocenters. The lowest BCUT2D eigenvalue weighted by atomic mass is 10.3. The number of furan rings is 1. The van der Waals surface area contributed by atoms with Crippen LogP contribution in [0.25, 0.3) is 6.08 Å². The third-order valence-electron chi connectivity index (χ3n) is 2.22. The first-order chi connectivity index (χ1) is 8.40. The maximum absolute atomic E-state index is 11.9. The molecule has 0 saturated heterocycles. The number of amides is 2. The van der Waals surface area contributed by atoms with Crippen LogP contribution in [-0.2, 0) is 9.59 Å². The Balaban J connectivity index is 2.72. The van der Waals surface area contributed by atoms with E-state index >= 15 is 0 Å². The maximum atomic E-state index is 11.9. The van der Waals surface area contributed by atoms with E-state index < -0.39 is 5.91 Å². The first kappa shape index (κ1) is 14.7. The summed E-state index contributed by atoms with van der Waals surface area (Å²) in [5.41, 5.74) is 5.10. The van der Waals surface area contributed by atoms with Gasteiger partial charge in [0.25, 0.3) is 0 Å². The molecular weight excluding hydrogens is 347 g/mol. The first-order valence-electron chi connectivity index (χ1n) is 5.42. The van der Waals surface area contributed by atoms with Crippen molar-refractivity contribution in [2.45, 2.75) is 19.9 Å². The Morgan fingerprint density at radius 2 is 2.17 bits per heavy atom. The first-order valence-corrected chi connectivity index (χ1v) is 6.50. The van der Waals surface area contributed by atoms with Crippen molar-refractivity contribution in [3.8, 4) is 0 Å². The highest BCUT2D eigenvalue weighted by Gasteiger charge is 2.16. The summed E-state index contributed by atoms with van der Waals surface area (Å²) < 4.78 is 6.04. The van der Waals surface area contributed by atoms with Crippen LogP contribution in [-0.4, -0.2) is 29.3 Å². The Morgan fingerprint density at radius 3 is 2.61 bits per heavy atom. The summed E-state index contributed by atoms with van der Waals surface area (Å²) in [5, 5.41) is 0. The van der Waals surface area contributed by atoms with Gasteiger partial charge in [0.2, 0.25) is 11.8 Å². The number of halogens is 1. The fourth-order valence-corrected chi connectivity index (χ4v) is 1.78. The third-order valence-corrected chi connectivity index (χ3v) is 2.80. The number of hydrogen-bond acceptors (Lipinski definition) is 3. The molecule has 0 spiro atoms. The Morgan fingerprint density at radius 1 is 1.50 bits per heavy atom. The number of hydrogen-bond donors (Lipinski definition) is 1. The van der Waals surface area contributed by atoms with Crippen LogP contribution in [0, 0.1) is 3.77 Å². The smallest absolute Gasteiger partial charge is 0.247 e. The van der Waals surface area contributed by atoms with Gasteiger partial charge < -0.3 is 15.1 Å². The van der Waals surface area contributed by atoms with E-state index in [2.05, 4.69) is 0 Å². The molecule has 2 amide bonds. The molecule has 1 rings (SSSR count). The van der Waals surface area contributed by atoms with Crippen molar-refractivity contribution in [3.63, 3.8) is 0 Å². The molecule has 5 nitrogen and oxygen atoms in total. The number of nitrogens with two attached hydrogens (primary N) is 1. The standard InChI is InChI=1S/C12H15IN2O3/c1-8(2)15(7-11(14)16)12(17)6-4-9-3-5-10(13)18-9/h3-6,8H,7H2,1-2H3,(H2,14,16)/b6-4+. The minimum Gasteiger partial charge on any atom is -0.451 e. The molecular formula is C12H15IN2O3. The number of nitrogens with zero attached hydrogens (tertiary/aromatic N) is 1. The second-order valence-corrected chi connectivity index (χ2v) is 5.06. The summed E-state index contributed by atoms with van der Waals surface area (Å²) >= 11 is 2.04. The van der Waals surface area contributed by atoms with E-state index in [9.17, 15) is 9.59 Å². The SMILES string of the molecule is CC(C)N(CC(N)=O)C(=O)/C=C/c1ccc(I)o1. The van der Waals surface area contributed by atoms with Gasteiger partial charge >= 0.3 is 0 Å². The maximum Gasteiger partial charge on any atom is 0.247 e. The topological polar surface area (TPSA) is 76.5 Å². The average Bonchev–Trinajstić information content (AvgIpc) is 2.68. The highest BCUT2D eigenvalue weighted by molar-refractivity contribution is 14.1. The van der Waals surface area contributed by atoms with Crippen molar-refractivity contribution >= 4 is 40.5 Å². The molecule has 1 aromatic rings. The fraction of sp³-hybridized carbons (Fsp3) is 0.333. The number of rotatable bonds is 5. The Bertz CT molecular complexity index is 466. The van der Waals surface area contributed by atoms with Gasteiger partial charge in [-0.05, 0) is 54.6 Å². The minimum atomic E-state index is -0.530. The van der Waals surface area contributed by atoms with Crippen molar-refractivity contribution in [2.24, 2.45) is 5.73 Å². The summed E-state index contributed by atoms with van der Waals surface area (Å²) in [4.78, 5) is 24.2. The fourth-order valence-electron chi connectivity index (χ4n) is 1.35.